The van der Waals surface area contributed by atoms with E-state index < -0.39 is 5.97 Å². The van der Waals surface area contributed by atoms with Crippen molar-refractivity contribution in [1.29, 1.82) is 0 Å². The summed E-state index contributed by atoms with van der Waals surface area (Å²) in [6, 6.07) is 7.51. The van der Waals surface area contributed by atoms with Gasteiger partial charge in [0, 0.05) is 29.2 Å². The van der Waals surface area contributed by atoms with Crippen LogP contribution in [0.5, 0.6) is 0 Å². The Hall–Kier alpha value is -1.81. The lowest BCUT2D eigenvalue weighted by atomic mass is 10.1. The van der Waals surface area contributed by atoms with E-state index in [4.69, 9.17) is 5.11 Å². The van der Waals surface area contributed by atoms with Crippen molar-refractivity contribution < 1.29 is 9.90 Å². The molecule has 4 heteroatoms. The van der Waals surface area contributed by atoms with Crippen LogP contribution >= 0.6 is 0 Å². The first-order valence-electron chi connectivity index (χ1n) is 5.64. The number of carboxylic acids is 1. The van der Waals surface area contributed by atoms with Gasteiger partial charge in [-0.3, -0.25) is 0 Å². The maximum atomic E-state index is 10.8. The van der Waals surface area contributed by atoms with E-state index in [0.29, 0.717) is 11.6 Å². The van der Waals surface area contributed by atoms with E-state index in [1.54, 1.807) is 18.2 Å². The average molecular weight is 232 g/mol. The van der Waals surface area contributed by atoms with E-state index in [1.165, 1.54) is 0 Å². The molecule has 0 spiro atoms. The van der Waals surface area contributed by atoms with Gasteiger partial charge in [-0.1, -0.05) is 13.8 Å². The summed E-state index contributed by atoms with van der Waals surface area (Å²) in [6.07, 6.45) is 0. The number of hydrogen-bond donors (Lipinski definition) is 3. The standard InChI is InChI=1S/C13H16N2O2/c1-8(2)14-7-11-6-10-5-9(13(16)17)3-4-12(10)15-11/h3-6,8,14-15H,7H2,1-2H3,(H,16,17). The molecule has 1 heterocycles. The molecule has 17 heavy (non-hydrogen) atoms. The molecule has 2 rings (SSSR count). The van der Waals surface area contributed by atoms with E-state index in [2.05, 4.69) is 24.1 Å². The second kappa shape index (κ2) is 4.59. The number of fused-ring (bicyclic) bond motifs is 1. The molecule has 0 aliphatic carbocycles. The van der Waals surface area contributed by atoms with Crippen molar-refractivity contribution in [3.05, 3.63) is 35.5 Å². The van der Waals surface area contributed by atoms with Crippen LogP contribution in [0.3, 0.4) is 0 Å². The van der Waals surface area contributed by atoms with Gasteiger partial charge in [-0.15, -0.1) is 0 Å². The van der Waals surface area contributed by atoms with Gasteiger partial charge in [0.15, 0.2) is 0 Å². The minimum absolute atomic E-state index is 0.319. The van der Waals surface area contributed by atoms with Gasteiger partial charge >= 0.3 is 5.97 Å². The Morgan fingerprint density at radius 2 is 2.18 bits per heavy atom. The van der Waals surface area contributed by atoms with Gasteiger partial charge in [0.2, 0.25) is 0 Å². The Kier molecular flexibility index (Phi) is 3.15. The fourth-order valence-electron chi connectivity index (χ4n) is 1.74. The molecule has 4 nitrogen and oxygen atoms in total. The molecule has 0 atom stereocenters. The third-order valence-electron chi connectivity index (χ3n) is 2.62. The highest BCUT2D eigenvalue weighted by Crippen LogP contribution is 2.17. The van der Waals surface area contributed by atoms with Crippen LogP contribution in [0.25, 0.3) is 10.9 Å². The first kappa shape index (κ1) is 11.7. The van der Waals surface area contributed by atoms with Gasteiger partial charge in [-0.25, -0.2) is 4.79 Å². The Morgan fingerprint density at radius 3 is 2.82 bits per heavy atom. The summed E-state index contributed by atoms with van der Waals surface area (Å²) >= 11 is 0. The van der Waals surface area contributed by atoms with Crippen molar-refractivity contribution in [2.75, 3.05) is 0 Å². The summed E-state index contributed by atoms with van der Waals surface area (Å²) in [5.74, 6) is -0.894. The van der Waals surface area contributed by atoms with Crippen LogP contribution in [-0.2, 0) is 6.54 Å². The molecule has 0 amide bonds. The average Bonchev–Trinajstić information content (AvgIpc) is 2.67. The van der Waals surface area contributed by atoms with Crippen LogP contribution in [0, 0.1) is 0 Å². The minimum Gasteiger partial charge on any atom is -0.478 e. The summed E-state index contributed by atoms with van der Waals surface area (Å²) in [6.45, 7) is 4.94. The molecule has 1 aromatic carbocycles. The highest BCUT2D eigenvalue weighted by molar-refractivity contribution is 5.93. The first-order valence-corrected chi connectivity index (χ1v) is 5.64. The Bertz CT molecular complexity index is 543. The van der Waals surface area contributed by atoms with Gasteiger partial charge in [-0.05, 0) is 24.3 Å². The van der Waals surface area contributed by atoms with Gasteiger partial charge in [0.1, 0.15) is 0 Å². The number of H-pyrrole nitrogens is 1. The highest BCUT2D eigenvalue weighted by atomic mass is 16.4. The van der Waals surface area contributed by atoms with Gasteiger partial charge in [0.25, 0.3) is 0 Å². The number of rotatable bonds is 4. The third kappa shape index (κ3) is 2.65. The number of carbonyl (C=O) groups is 1. The quantitative estimate of drug-likeness (QED) is 0.758. The molecule has 0 saturated carbocycles. The number of aromatic nitrogens is 1. The van der Waals surface area contributed by atoms with Crippen LogP contribution in [-0.4, -0.2) is 22.1 Å². The molecule has 1 aromatic heterocycles. The second-order valence-corrected chi connectivity index (χ2v) is 4.44. The van der Waals surface area contributed by atoms with Crippen LogP contribution in [0.4, 0.5) is 0 Å². The molecule has 0 fully saturated rings. The van der Waals surface area contributed by atoms with Crippen molar-refractivity contribution in [3.63, 3.8) is 0 Å². The normalized spacial score (nSPS) is 11.2. The summed E-state index contributed by atoms with van der Waals surface area (Å²) in [4.78, 5) is 14.1. The molecule has 0 saturated heterocycles. The lowest BCUT2D eigenvalue weighted by Gasteiger charge is -2.05. The van der Waals surface area contributed by atoms with Crippen molar-refractivity contribution in [1.82, 2.24) is 10.3 Å². The largest absolute Gasteiger partial charge is 0.478 e. The van der Waals surface area contributed by atoms with Gasteiger partial charge in [-0.2, -0.15) is 0 Å². The van der Waals surface area contributed by atoms with Crippen molar-refractivity contribution in [2.45, 2.75) is 26.4 Å². The lowest BCUT2D eigenvalue weighted by molar-refractivity contribution is 0.0697. The number of carboxylic acid groups (broad SMARTS) is 1. The summed E-state index contributed by atoms with van der Waals surface area (Å²) in [5.41, 5.74) is 2.35. The topological polar surface area (TPSA) is 65.1 Å². The molecule has 0 radical (unpaired) electrons. The van der Waals surface area contributed by atoms with Gasteiger partial charge in [0.05, 0.1) is 5.56 Å². The Balaban J connectivity index is 2.27. The maximum absolute atomic E-state index is 10.8. The second-order valence-electron chi connectivity index (χ2n) is 4.44. The molecule has 90 valence electrons. The van der Waals surface area contributed by atoms with Crippen molar-refractivity contribution in [3.8, 4) is 0 Å². The van der Waals surface area contributed by atoms with E-state index in [-0.39, 0.29) is 0 Å². The zero-order chi connectivity index (χ0) is 12.4. The summed E-state index contributed by atoms with van der Waals surface area (Å²) in [7, 11) is 0. The fraction of sp³-hybridized carbons (Fsp3) is 0.308. The summed E-state index contributed by atoms with van der Waals surface area (Å²) in [5, 5.41) is 13.2. The maximum Gasteiger partial charge on any atom is 0.335 e. The zero-order valence-electron chi connectivity index (χ0n) is 9.95. The highest BCUT2D eigenvalue weighted by Gasteiger charge is 2.06. The fourth-order valence-corrected chi connectivity index (χ4v) is 1.74. The van der Waals surface area contributed by atoms with E-state index in [0.717, 1.165) is 23.1 Å². The zero-order valence-corrected chi connectivity index (χ0v) is 9.95. The van der Waals surface area contributed by atoms with E-state index in [1.807, 2.05) is 6.07 Å². The predicted octanol–water partition coefficient (Wildman–Crippen LogP) is 2.36. The summed E-state index contributed by atoms with van der Waals surface area (Å²) < 4.78 is 0. The molecule has 0 bridgehead atoms. The molecular formula is C13H16N2O2. The molecular weight excluding hydrogens is 216 g/mol. The molecule has 0 aliphatic rings. The predicted molar refractivity (Wildman–Crippen MR) is 67.2 cm³/mol. The number of aromatic carboxylic acids is 1. The van der Waals surface area contributed by atoms with Crippen LogP contribution in [0.15, 0.2) is 24.3 Å². The third-order valence-corrected chi connectivity index (χ3v) is 2.62. The number of benzene rings is 1. The van der Waals surface area contributed by atoms with Gasteiger partial charge < -0.3 is 15.4 Å². The van der Waals surface area contributed by atoms with Crippen LogP contribution < -0.4 is 5.32 Å². The number of nitrogens with one attached hydrogen (secondary N) is 2. The molecule has 3 N–H and O–H groups in total. The Morgan fingerprint density at radius 1 is 1.41 bits per heavy atom. The van der Waals surface area contributed by atoms with E-state index in [9.17, 15) is 4.79 Å². The van der Waals surface area contributed by atoms with E-state index >= 15 is 0 Å². The number of hydrogen-bond acceptors (Lipinski definition) is 2. The lowest BCUT2D eigenvalue weighted by Crippen LogP contribution is -2.21. The molecule has 0 aliphatic heterocycles. The minimum atomic E-state index is -0.894. The van der Waals surface area contributed by atoms with Crippen molar-refractivity contribution >= 4 is 16.9 Å². The molecule has 2 aromatic rings. The first-order chi connectivity index (χ1) is 8.06. The van der Waals surface area contributed by atoms with Crippen LogP contribution in [0.2, 0.25) is 0 Å². The SMILES string of the molecule is CC(C)NCc1cc2cc(C(=O)O)ccc2[nH]1. The van der Waals surface area contributed by atoms with Crippen LogP contribution in [0.1, 0.15) is 29.9 Å². The monoisotopic (exact) mass is 232 g/mol. The van der Waals surface area contributed by atoms with Crippen molar-refractivity contribution in [2.24, 2.45) is 0 Å². The molecule has 0 unspecified atom stereocenters. The smallest absolute Gasteiger partial charge is 0.335 e. The Labute approximate surface area is 99.7 Å². The number of aromatic amines is 1.